The van der Waals surface area contributed by atoms with Gasteiger partial charge in [0.05, 0.1) is 5.69 Å². The van der Waals surface area contributed by atoms with E-state index in [0.29, 0.717) is 6.04 Å². The van der Waals surface area contributed by atoms with E-state index < -0.39 is 0 Å². The van der Waals surface area contributed by atoms with E-state index >= 15 is 0 Å². The summed E-state index contributed by atoms with van der Waals surface area (Å²) in [4.78, 5) is 2.60. The Morgan fingerprint density at radius 1 is 1.38 bits per heavy atom. The highest BCUT2D eigenvalue weighted by atomic mass is 35.5. The molecule has 0 radical (unpaired) electrons. The largest absolute Gasteiger partial charge is 0.364 e. The Kier molecular flexibility index (Phi) is 3.84. The molecule has 0 aromatic carbocycles. The molecule has 2 atom stereocenters. The molecule has 0 saturated carbocycles. The van der Waals surface area contributed by atoms with Gasteiger partial charge < -0.3 is 9.84 Å². The van der Waals surface area contributed by atoms with Crippen LogP contribution in [-0.4, -0.2) is 35.2 Å². The van der Waals surface area contributed by atoms with Gasteiger partial charge in [0.25, 0.3) is 0 Å². The predicted molar refractivity (Wildman–Crippen MR) is 63.6 cm³/mol. The van der Waals surface area contributed by atoms with Crippen molar-refractivity contribution in [1.82, 2.24) is 15.4 Å². The molecule has 0 aliphatic carbocycles. The highest BCUT2D eigenvalue weighted by Crippen LogP contribution is 2.29. The van der Waals surface area contributed by atoms with E-state index in [1.165, 1.54) is 19.3 Å². The molecule has 0 amide bonds. The standard InChI is InChI=1S/C11H17N3O.ClH/c1-2-11-7-12-5-3-10(1)14(11)8-9-4-6-15-13-9;/h4,6,10-12H,1-3,5,7-8H2;1H. The van der Waals surface area contributed by atoms with Crippen molar-refractivity contribution in [3.8, 4) is 0 Å². The zero-order chi connectivity index (χ0) is 10.1. The summed E-state index contributed by atoms with van der Waals surface area (Å²) in [5.41, 5.74) is 1.06. The van der Waals surface area contributed by atoms with E-state index in [0.717, 1.165) is 31.4 Å². The van der Waals surface area contributed by atoms with Crippen LogP contribution in [0.2, 0.25) is 0 Å². The highest BCUT2D eigenvalue weighted by molar-refractivity contribution is 5.85. The van der Waals surface area contributed by atoms with Crippen LogP contribution >= 0.6 is 12.4 Å². The summed E-state index contributed by atoms with van der Waals surface area (Å²) in [6.07, 6.45) is 5.61. The van der Waals surface area contributed by atoms with E-state index in [4.69, 9.17) is 4.52 Å². The van der Waals surface area contributed by atoms with Gasteiger partial charge >= 0.3 is 0 Å². The maximum atomic E-state index is 4.89. The lowest BCUT2D eigenvalue weighted by atomic mass is 10.1. The molecule has 2 fully saturated rings. The Morgan fingerprint density at radius 3 is 3.06 bits per heavy atom. The first-order valence-electron chi connectivity index (χ1n) is 5.79. The number of fused-ring (bicyclic) bond motifs is 2. The summed E-state index contributed by atoms with van der Waals surface area (Å²) in [6, 6.07) is 3.42. The van der Waals surface area contributed by atoms with Crippen LogP contribution in [0.4, 0.5) is 0 Å². The average Bonchev–Trinajstić information content (AvgIpc) is 2.76. The summed E-state index contributed by atoms with van der Waals surface area (Å²) < 4.78 is 4.89. The maximum absolute atomic E-state index is 4.89. The van der Waals surface area contributed by atoms with Crippen LogP contribution in [0.3, 0.4) is 0 Å². The van der Waals surface area contributed by atoms with Crippen molar-refractivity contribution < 1.29 is 4.52 Å². The van der Waals surface area contributed by atoms with Gasteiger partial charge in [0, 0.05) is 31.2 Å². The minimum absolute atomic E-state index is 0. The molecule has 16 heavy (non-hydrogen) atoms. The van der Waals surface area contributed by atoms with Gasteiger partial charge in [-0.1, -0.05) is 5.16 Å². The lowest BCUT2D eigenvalue weighted by Gasteiger charge is -2.26. The number of nitrogens with zero attached hydrogens (tertiary/aromatic N) is 2. The Hall–Kier alpha value is -0.580. The molecule has 2 saturated heterocycles. The Labute approximate surface area is 102 Å². The fraction of sp³-hybridized carbons (Fsp3) is 0.727. The molecule has 5 heteroatoms. The molecule has 2 bridgehead atoms. The van der Waals surface area contributed by atoms with Crippen molar-refractivity contribution in [2.75, 3.05) is 13.1 Å². The zero-order valence-corrected chi connectivity index (χ0v) is 10.1. The van der Waals surface area contributed by atoms with Gasteiger partial charge in [-0.05, 0) is 25.8 Å². The molecule has 2 aliphatic rings. The van der Waals surface area contributed by atoms with E-state index in [1.807, 2.05) is 6.07 Å². The van der Waals surface area contributed by atoms with Crippen LogP contribution in [0, 0.1) is 0 Å². The third-order valence-corrected chi connectivity index (χ3v) is 3.64. The summed E-state index contributed by atoms with van der Waals surface area (Å²) in [5.74, 6) is 0. The molecular formula is C11H18ClN3O. The normalized spacial score (nSPS) is 29.8. The molecule has 1 N–H and O–H groups in total. The van der Waals surface area contributed by atoms with E-state index in [9.17, 15) is 0 Å². The minimum atomic E-state index is 0. The van der Waals surface area contributed by atoms with Crippen molar-refractivity contribution >= 4 is 12.4 Å². The molecule has 1 aromatic heterocycles. The summed E-state index contributed by atoms with van der Waals surface area (Å²) in [6.45, 7) is 3.25. The van der Waals surface area contributed by atoms with E-state index in [2.05, 4.69) is 15.4 Å². The van der Waals surface area contributed by atoms with Crippen LogP contribution in [0.1, 0.15) is 25.0 Å². The van der Waals surface area contributed by atoms with E-state index in [-0.39, 0.29) is 12.4 Å². The molecule has 3 rings (SSSR count). The number of halogens is 1. The molecule has 4 nitrogen and oxygen atoms in total. The maximum Gasteiger partial charge on any atom is 0.124 e. The quantitative estimate of drug-likeness (QED) is 0.853. The average molecular weight is 244 g/mol. The smallest absolute Gasteiger partial charge is 0.124 e. The van der Waals surface area contributed by atoms with Crippen molar-refractivity contribution in [2.24, 2.45) is 0 Å². The van der Waals surface area contributed by atoms with Crippen molar-refractivity contribution in [3.05, 3.63) is 18.0 Å². The molecule has 3 heterocycles. The topological polar surface area (TPSA) is 41.3 Å². The van der Waals surface area contributed by atoms with E-state index in [1.54, 1.807) is 6.26 Å². The Balaban J connectivity index is 0.000000963. The van der Waals surface area contributed by atoms with Crippen LogP contribution < -0.4 is 5.32 Å². The summed E-state index contributed by atoms with van der Waals surface area (Å²) in [5, 5.41) is 7.50. The molecule has 90 valence electrons. The number of hydrogen-bond donors (Lipinski definition) is 1. The Morgan fingerprint density at radius 2 is 2.25 bits per heavy atom. The van der Waals surface area contributed by atoms with Crippen molar-refractivity contribution in [3.63, 3.8) is 0 Å². The lowest BCUT2D eigenvalue weighted by molar-refractivity contribution is 0.188. The van der Waals surface area contributed by atoms with Gasteiger partial charge in [-0.2, -0.15) is 0 Å². The van der Waals surface area contributed by atoms with Gasteiger partial charge in [-0.15, -0.1) is 12.4 Å². The SMILES string of the molecule is Cl.c1cc(CN2C3CCNCC2CC3)no1. The minimum Gasteiger partial charge on any atom is -0.364 e. The van der Waals surface area contributed by atoms with Gasteiger partial charge in [0.1, 0.15) is 6.26 Å². The number of nitrogens with one attached hydrogen (secondary N) is 1. The molecule has 2 unspecified atom stereocenters. The van der Waals surface area contributed by atoms with Crippen LogP contribution in [0.15, 0.2) is 16.9 Å². The predicted octanol–water partition coefficient (Wildman–Crippen LogP) is 1.42. The van der Waals surface area contributed by atoms with Crippen molar-refractivity contribution in [2.45, 2.75) is 37.9 Å². The second kappa shape index (κ2) is 5.17. The van der Waals surface area contributed by atoms with Crippen LogP contribution in [0.5, 0.6) is 0 Å². The van der Waals surface area contributed by atoms with Gasteiger partial charge in [-0.25, -0.2) is 0 Å². The third kappa shape index (κ3) is 2.24. The first-order valence-corrected chi connectivity index (χ1v) is 5.79. The highest BCUT2D eigenvalue weighted by Gasteiger charge is 2.34. The number of aromatic nitrogens is 1. The molecule has 0 spiro atoms. The second-order valence-corrected chi connectivity index (χ2v) is 4.54. The lowest BCUT2D eigenvalue weighted by Crippen LogP contribution is -2.37. The number of rotatable bonds is 2. The summed E-state index contributed by atoms with van der Waals surface area (Å²) in [7, 11) is 0. The molecule has 1 aromatic rings. The van der Waals surface area contributed by atoms with Gasteiger partial charge in [0.15, 0.2) is 0 Å². The first kappa shape index (κ1) is 11.9. The van der Waals surface area contributed by atoms with Gasteiger partial charge in [-0.3, -0.25) is 4.90 Å². The van der Waals surface area contributed by atoms with Crippen LogP contribution in [0.25, 0.3) is 0 Å². The van der Waals surface area contributed by atoms with Gasteiger partial charge in [0.2, 0.25) is 0 Å². The zero-order valence-electron chi connectivity index (χ0n) is 9.26. The second-order valence-electron chi connectivity index (χ2n) is 4.54. The molecular weight excluding hydrogens is 226 g/mol. The fourth-order valence-corrected chi connectivity index (χ4v) is 2.85. The summed E-state index contributed by atoms with van der Waals surface area (Å²) >= 11 is 0. The third-order valence-electron chi connectivity index (χ3n) is 3.64. The van der Waals surface area contributed by atoms with Crippen molar-refractivity contribution in [1.29, 1.82) is 0 Å². The monoisotopic (exact) mass is 243 g/mol. The first-order chi connectivity index (χ1) is 7.43. The fourth-order valence-electron chi connectivity index (χ4n) is 2.85. The van der Waals surface area contributed by atoms with Crippen LogP contribution in [-0.2, 0) is 6.54 Å². The Bertz CT molecular complexity index is 303. The number of hydrogen-bond acceptors (Lipinski definition) is 4. The molecule has 2 aliphatic heterocycles.